The van der Waals surface area contributed by atoms with Crippen LogP contribution in [0.5, 0.6) is 0 Å². The molecule has 0 aromatic heterocycles. The van der Waals surface area contributed by atoms with Crippen molar-refractivity contribution in [3.63, 3.8) is 0 Å². The molecule has 0 N–H and O–H groups in total. The van der Waals surface area contributed by atoms with Gasteiger partial charge in [-0.2, -0.15) is 0 Å². The minimum atomic E-state index is -0.222. The summed E-state index contributed by atoms with van der Waals surface area (Å²) < 4.78 is 5.09. The first-order chi connectivity index (χ1) is 12.2. The molecule has 0 aliphatic carbocycles. The summed E-state index contributed by atoms with van der Waals surface area (Å²) in [4.78, 5) is 10.9. The van der Waals surface area contributed by atoms with Gasteiger partial charge in [-0.25, -0.2) is 0 Å². The van der Waals surface area contributed by atoms with Gasteiger partial charge in [-0.05, 0) is 36.0 Å². The van der Waals surface area contributed by atoms with Crippen LogP contribution < -0.4 is 0 Å². The fraction of sp³-hybridized carbons (Fsp3) is 0.609. The summed E-state index contributed by atoms with van der Waals surface area (Å²) in [7, 11) is 0. The van der Waals surface area contributed by atoms with E-state index in [0.29, 0.717) is 6.61 Å². The van der Waals surface area contributed by atoms with Crippen molar-refractivity contribution in [2.24, 2.45) is 0 Å². The lowest BCUT2D eigenvalue weighted by Gasteiger charge is -2.06. The molecule has 0 heterocycles. The summed E-state index contributed by atoms with van der Waals surface area (Å²) in [5, 5.41) is 0. The van der Waals surface area contributed by atoms with Crippen molar-refractivity contribution < 1.29 is 9.53 Å². The van der Waals surface area contributed by atoms with E-state index in [9.17, 15) is 4.79 Å². The fourth-order valence-electron chi connectivity index (χ4n) is 2.92. The van der Waals surface area contributed by atoms with Crippen LogP contribution in [-0.4, -0.2) is 12.6 Å². The van der Waals surface area contributed by atoms with E-state index in [0.717, 1.165) is 12.0 Å². The minimum absolute atomic E-state index is 0.222. The van der Waals surface area contributed by atoms with Crippen LogP contribution in [0.2, 0.25) is 0 Å². The van der Waals surface area contributed by atoms with Crippen molar-refractivity contribution in [3.05, 3.63) is 41.0 Å². The largest absolute Gasteiger partial charge is 0.461 e. The molecule has 0 aliphatic rings. The maximum Gasteiger partial charge on any atom is 0.302 e. The molecule has 2 heteroatoms. The average molecular weight is 345 g/mol. The molecule has 0 bridgehead atoms. The number of ether oxygens (including phenoxy) is 1. The fourth-order valence-corrected chi connectivity index (χ4v) is 2.92. The van der Waals surface area contributed by atoms with Crippen molar-refractivity contribution in [3.8, 4) is 0 Å². The molecule has 2 nitrogen and oxygen atoms in total. The quantitative estimate of drug-likeness (QED) is 0.293. The zero-order valence-electron chi connectivity index (χ0n) is 16.5. The molecule has 0 unspecified atom stereocenters. The zero-order valence-corrected chi connectivity index (χ0v) is 16.5. The first-order valence-electron chi connectivity index (χ1n) is 10.1. The number of unbranched alkanes of at least 4 members (excludes halogenated alkanes) is 7. The zero-order chi connectivity index (χ0) is 18.3. The number of carbonyl (C=O) groups is 1. The molecule has 140 valence electrons. The summed E-state index contributed by atoms with van der Waals surface area (Å²) in [6.45, 7) is 6.20. The highest BCUT2D eigenvalue weighted by atomic mass is 16.5. The normalized spacial score (nSPS) is 11.6. The van der Waals surface area contributed by atoms with Gasteiger partial charge in [0.25, 0.3) is 0 Å². The summed E-state index contributed by atoms with van der Waals surface area (Å²) in [5.41, 5.74) is 3.75. The van der Waals surface area contributed by atoms with Gasteiger partial charge in [0.2, 0.25) is 0 Å². The van der Waals surface area contributed by atoms with Crippen molar-refractivity contribution >= 4 is 12.0 Å². The van der Waals surface area contributed by atoms with E-state index in [1.165, 1.54) is 75.8 Å². The molecule has 0 aliphatic heterocycles. The first kappa shape index (κ1) is 21.5. The maximum absolute atomic E-state index is 10.9. The van der Waals surface area contributed by atoms with Crippen molar-refractivity contribution in [2.75, 3.05) is 6.61 Å². The second-order valence-corrected chi connectivity index (χ2v) is 6.90. The third-order valence-corrected chi connectivity index (χ3v) is 4.58. The topological polar surface area (TPSA) is 26.3 Å². The number of hydrogen-bond donors (Lipinski definition) is 0. The number of hydrogen-bond acceptors (Lipinski definition) is 2. The molecule has 0 amide bonds. The third kappa shape index (κ3) is 10.8. The van der Waals surface area contributed by atoms with Crippen LogP contribution in [-0.2, 0) is 16.0 Å². The second-order valence-electron chi connectivity index (χ2n) is 6.90. The average Bonchev–Trinajstić information content (AvgIpc) is 2.62. The summed E-state index contributed by atoms with van der Waals surface area (Å²) in [6, 6.07) is 8.80. The second kappa shape index (κ2) is 13.7. The van der Waals surface area contributed by atoms with Gasteiger partial charge >= 0.3 is 5.97 Å². The molecular weight excluding hydrogens is 308 g/mol. The molecule has 1 aromatic carbocycles. The molecule has 25 heavy (non-hydrogen) atoms. The lowest BCUT2D eigenvalue weighted by Crippen LogP contribution is -2.02. The van der Waals surface area contributed by atoms with E-state index < -0.39 is 0 Å². The number of aryl methyl sites for hydroxylation is 1. The summed E-state index contributed by atoms with van der Waals surface area (Å²) >= 11 is 0. The van der Waals surface area contributed by atoms with Crippen molar-refractivity contribution in [1.29, 1.82) is 0 Å². The van der Waals surface area contributed by atoms with E-state index in [-0.39, 0.29) is 5.97 Å². The SMILES string of the molecule is CCCCCCCCCCc1ccc(/C=C(\CC)COC(C)=O)cc1. The smallest absolute Gasteiger partial charge is 0.302 e. The van der Waals surface area contributed by atoms with Crippen molar-refractivity contribution in [2.45, 2.75) is 85.0 Å². The Labute approximate surface area is 154 Å². The highest BCUT2D eigenvalue weighted by Gasteiger charge is 2.00. The van der Waals surface area contributed by atoms with E-state index >= 15 is 0 Å². The molecule has 0 fully saturated rings. The van der Waals surface area contributed by atoms with Gasteiger partial charge in [-0.15, -0.1) is 0 Å². The van der Waals surface area contributed by atoms with Gasteiger partial charge < -0.3 is 4.74 Å². The van der Waals surface area contributed by atoms with Crippen LogP contribution in [0.4, 0.5) is 0 Å². The van der Waals surface area contributed by atoms with Gasteiger partial charge in [-0.1, -0.05) is 89.1 Å². The number of benzene rings is 1. The Morgan fingerprint density at radius 3 is 2.08 bits per heavy atom. The standard InChI is InChI=1S/C23H36O2/c1-4-6-7-8-9-10-11-12-13-22-14-16-23(17-15-22)18-21(5-2)19-25-20(3)24/h14-18H,4-13,19H2,1-3H3/b21-18+. The predicted molar refractivity (Wildman–Crippen MR) is 108 cm³/mol. The highest BCUT2D eigenvalue weighted by Crippen LogP contribution is 2.15. The molecule has 0 saturated heterocycles. The number of rotatable bonds is 13. The van der Waals surface area contributed by atoms with Gasteiger partial charge in [-0.3, -0.25) is 4.79 Å². The predicted octanol–water partition coefficient (Wildman–Crippen LogP) is 6.73. The molecule has 0 atom stereocenters. The van der Waals surface area contributed by atoms with Crippen LogP contribution >= 0.6 is 0 Å². The summed E-state index contributed by atoms with van der Waals surface area (Å²) in [6.07, 6.45) is 15.1. The van der Waals surface area contributed by atoms with E-state index in [4.69, 9.17) is 4.74 Å². The van der Waals surface area contributed by atoms with Gasteiger partial charge in [0.05, 0.1) is 0 Å². The molecule has 1 aromatic rings. The maximum atomic E-state index is 10.9. The molecule has 1 rings (SSSR count). The van der Waals surface area contributed by atoms with E-state index in [1.54, 1.807) is 0 Å². The molecule has 0 saturated carbocycles. The van der Waals surface area contributed by atoms with Crippen LogP contribution in [0.1, 0.15) is 89.7 Å². The summed E-state index contributed by atoms with van der Waals surface area (Å²) in [5.74, 6) is -0.222. The van der Waals surface area contributed by atoms with Gasteiger partial charge in [0, 0.05) is 6.92 Å². The van der Waals surface area contributed by atoms with Crippen LogP contribution in [0.3, 0.4) is 0 Å². The Kier molecular flexibility index (Phi) is 11.8. The molecular formula is C23H36O2. The highest BCUT2D eigenvalue weighted by molar-refractivity contribution is 5.66. The van der Waals surface area contributed by atoms with Gasteiger partial charge in [0.15, 0.2) is 0 Å². The van der Waals surface area contributed by atoms with Crippen molar-refractivity contribution in [1.82, 2.24) is 0 Å². The lowest BCUT2D eigenvalue weighted by molar-refractivity contribution is -0.139. The molecule has 0 radical (unpaired) electrons. The Bertz CT molecular complexity index is 499. The van der Waals surface area contributed by atoms with E-state index in [2.05, 4.69) is 44.2 Å². The van der Waals surface area contributed by atoms with Gasteiger partial charge in [0.1, 0.15) is 6.61 Å². The Morgan fingerprint density at radius 1 is 0.920 bits per heavy atom. The van der Waals surface area contributed by atoms with Crippen LogP contribution in [0, 0.1) is 0 Å². The number of carbonyl (C=O) groups excluding carboxylic acids is 1. The third-order valence-electron chi connectivity index (χ3n) is 4.58. The Morgan fingerprint density at radius 2 is 1.52 bits per heavy atom. The number of esters is 1. The van der Waals surface area contributed by atoms with E-state index in [1.807, 2.05) is 0 Å². The molecule has 0 spiro atoms. The Balaban J connectivity index is 2.29. The van der Waals surface area contributed by atoms with Crippen LogP contribution in [0.15, 0.2) is 29.8 Å². The van der Waals surface area contributed by atoms with Crippen LogP contribution in [0.25, 0.3) is 6.08 Å². The lowest BCUT2D eigenvalue weighted by atomic mass is 10.0. The Hall–Kier alpha value is -1.57. The monoisotopic (exact) mass is 344 g/mol. The first-order valence-corrected chi connectivity index (χ1v) is 10.1. The minimum Gasteiger partial charge on any atom is -0.461 e.